The maximum absolute atomic E-state index is 11.6. The van der Waals surface area contributed by atoms with Crippen molar-refractivity contribution in [3.05, 3.63) is 35.6 Å². The van der Waals surface area contributed by atoms with Crippen molar-refractivity contribution in [1.82, 2.24) is 0 Å². The summed E-state index contributed by atoms with van der Waals surface area (Å²) >= 11 is 1.09. The summed E-state index contributed by atoms with van der Waals surface area (Å²) in [5.41, 5.74) is 1.58. The summed E-state index contributed by atoms with van der Waals surface area (Å²) in [5, 5.41) is 9.50. The second-order valence-electron chi connectivity index (χ2n) is 3.79. The zero-order valence-corrected chi connectivity index (χ0v) is 11.0. The first-order valence-electron chi connectivity index (χ1n) is 5.41. The minimum Gasteiger partial charge on any atom is -0.511 e. The van der Waals surface area contributed by atoms with Crippen LogP contribution in [0.5, 0.6) is 5.75 Å². The normalized spacial score (nSPS) is 16.3. The number of hydrogen-bond acceptors (Lipinski definition) is 5. The third-order valence-corrected chi connectivity index (χ3v) is 3.45. The Morgan fingerprint density at radius 3 is 2.56 bits per heavy atom. The molecule has 0 fully saturated rings. The van der Waals surface area contributed by atoms with E-state index in [9.17, 15) is 9.90 Å². The molecule has 1 aliphatic rings. The van der Waals surface area contributed by atoms with E-state index in [1.165, 1.54) is 0 Å². The van der Waals surface area contributed by atoms with E-state index in [-0.39, 0.29) is 10.9 Å². The first-order chi connectivity index (χ1) is 8.61. The van der Waals surface area contributed by atoms with Crippen molar-refractivity contribution in [2.45, 2.75) is 6.92 Å². The number of benzene rings is 1. The Morgan fingerprint density at radius 2 is 2.06 bits per heavy atom. The maximum atomic E-state index is 11.6. The molecule has 18 heavy (non-hydrogen) atoms. The first-order valence-corrected chi connectivity index (χ1v) is 6.39. The number of methoxy groups -OCH3 is 1. The van der Waals surface area contributed by atoms with E-state index >= 15 is 0 Å². The molecular weight excluding hydrogens is 250 g/mol. The Hall–Kier alpha value is -1.75. The fourth-order valence-electron chi connectivity index (χ4n) is 1.66. The molecule has 0 bridgehead atoms. The van der Waals surface area contributed by atoms with Crippen molar-refractivity contribution in [1.29, 1.82) is 0 Å². The lowest BCUT2D eigenvalue weighted by molar-refractivity contribution is -0.107. The topological polar surface area (TPSA) is 58.9 Å². The lowest BCUT2D eigenvalue weighted by Gasteiger charge is -2.02. The summed E-state index contributed by atoms with van der Waals surface area (Å²) < 4.78 is 5.05. The fourth-order valence-corrected chi connectivity index (χ4v) is 2.48. The van der Waals surface area contributed by atoms with Crippen LogP contribution in [0.15, 0.2) is 40.6 Å². The van der Waals surface area contributed by atoms with Gasteiger partial charge in [-0.25, -0.2) is 0 Å². The Morgan fingerprint density at radius 1 is 1.39 bits per heavy atom. The van der Waals surface area contributed by atoms with E-state index in [4.69, 9.17) is 4.74 Å². The zero-order chi connectivity index (χ0) is 13.1. The second kappa shape index (κ2) is 5.27. The van der Waals surface area contributed by atoms with Crippen LogP contribution in [0.2, 0.25) is 0 Å². The molecule has 1 aromatic carbocycles. The van der Waals surface area contributed by atoms with Gasteiger partial charge in [-0.2, -0.15) is 0 Å². The van der Waals surface area contributed by atoms with Gasteiger partial charge in [0.15, 0.2) is 0 Å². The van der Waals surface area contributed by atoms with Gasteiger partial charge >= 0.3 is 0 Å². The largest absolute Gasteiger partial charge is 0.511 e. The Bertz CT molecular complexity index is 532. The van der Waals surface area contributed by atoms with Crippen molar-refractivity contribution >= 4 is 28.3 Å². The van der Waals surface area contributed by atoms with Crippen molar-refractivity contribution in [3.8, 4) is 5.75 Å². The molecule has 0 aliphatic carbocycles. The number of aliphatic hydroxyl groups excluding tert-OH is 1. The minimum absolute atomic E-state index is 0.111. The SMILES string of the molecule is COc1ccc(N=C(C)C2=C(O)CSC2=O)cc1. The molecule has 0 unspecified atom stereocenters. The van der Waals surface area contributed by atoms with Gasteiger partial charge in [-0.05, 0) is 31.2 Å². The average molecular weight is 263 g/mol. The van der Waals surface area contributed by atoms with Gasteiger partial charge in [0.05, 0.1) is 29.8 Å². The summed E-state index contributed by atoms with van der Waals surface area (Å²) in [5.74, 6) is 1.20. The third kappa shape index (κ3) is 2.56. The molecule has 1 heterocycles. The van der Waals surface area contributed by atoms with Crippen LogP contribution in [0, 0.1) is 0 Å². The van der Waals surface area contributed by atoms with Gasteiger partial charge in [0.2, 0.25) is 5.12 Å². The fraction of sp³-hybridized carbons (Fsp3) is 0.231. The average Bonchev–Trinajstić information content (AvgIpc) is 2.70. The zero-order valence-electron chi connectivity index (χ0n) is 10.1. The van der Waals surface area contributed by atoms with Gasteiger partial charge in [-0.1, -0.05) is 11.8 Å². The molecule has 2 rings (SSSR count). The van der Waals surface area contributed by atoms with Crippen LogP contribution in [0.3, 0.4) is 0 Å². The Labute approximate surface area is 109 Å². The summed E-state index contributed by atoms with van der Waals surface area (Å²) in [4.78, 5) is 15.9. The molecule has 4 nitrogen and oxygen atoms in total. The van der Waals surface area contributed by atoms with Crippen LogP contribution in [0.25, 0.3) is 0 Å². The number of carbonyl (C=O) groups excluding carboxylic acids is 1. The summed E-state index contributed by atoms with van der Waals surface area (Å²) in [6, 6.07) is 7.19. The molecule has 1 aromatic rings. The lowest BCUT2D eigenvalue weighted by atomic mass is 10.1. The number of nitrogens with zero attached hydrogens (tertiary/aromatic N) is 1. The van der Waals surface area contributed by atoms with Gasteiger partial charge in [0.25, 0.3) is 0 Å². The Kier molecular flexibility index (Phi) is 3.72. The Balaban J connectivity index is 2.27. The molecule has 94 valence electrons. The smallest absolute Gasteiger partial charge is 0.225 e. The van der Waals surface area contributed by atoms with Crippen LogP contribution in [0.1, 0.15) is 6.92 Å². The number of thioether (sulfide) groups is 1. The lowest BCUT2D eigenvalue weighted by Crippen LogP contribution is -2.04. The quantitative estimate of drug-likeness (QED) is 0.852. The molecule has 0 amide bonds. The van der Waals surface area contributed by atoms with Crippen molar-refractivity contribution in [2.24, 2.45) is 4.99 Å². The van der Waals surface area contributed by atoms with E-state index in [0.29, 0.717) is 17.0 Å². The predicted octanol–water partition coefficient (Wildman–Crippen LogP) is 2.87. The van der Waals surface area contributed by atoms with E-state index in [2.05, 4.69) is 4.99 Å². The predicted molar refractivity (Wildman–Crippen MR) is 72.9 cm³/mol. The van der Waals surface area contributed by atoms with Crippen molar-refractivity contribution in [2.75, 3.05) is 12.9 Å². The van der Waals surface area contributed by atoms with Gasteiger partial charge in [0.1, 0.15) is 11.5 Å². The van der Waals surface area contributed by atoms with Gasteiger partial charge in [0, 0.05) is 0 Å². The minimum atomic E-state index is -0.123. The third-order valence-electron chi connectivity index (χ3n) is 2.56. The molecular formula is C13H13NO3S. The molecule has 5 heteroatoms. The molecule has 1 N–H and O–H groups in total. The van der Waals surface area contributed by atoms with E-state index < -0.39 is 0 Å². The van der Waals surface area contributed by atoms with Crippen LogP contribution in [-0.4, -0.2) is 28.8 Å². The highest BCUT2D eigenvalue weighted by atomic mass is 32.2. The standard InChI is InChI=1S/C13H13NO3S/c1-8(12-11(15)7-18-13(12)16)14-9-3-5-10(17-2)6-4-9/h3-6,15H,7H2,1-2H3. The first kappa shape index (κ1) is 12.7. The molecule has 1 aliphatic heterocycles. The van der Waals surface area contributed by atoms with Crippen LogP contribution >= 0.6 is 11.8 Å². The van der Waals surface area contributed by atoms with E-state index in [1.807, 2.05) is 0 Å². The molecule has 0 atom stereocenters. The van der Waals surface area contributed by atoms with E-state index in [0.717, 1.165) is 23.2 Å². The molecule has 0 saturated carbocycles. The van der Waals surface area contributed by atoms with Crippen LogP contribution in [0.4, 0.5) is 5.69 Å². The van der Waals surface area contributed by atoms with Crippen LogP contribution < -0.4 is 4.74 Å². The molecule has 0 radical (unpaired) electrons. The molecule has 0 aromatic heterocycles. The van der Waals surface area contributed by atoms with Gasteiger partial charge in [-0.3, -0.25) is 9.79 Å². The highest BCUT2D eigenvalue weighted by molar-refractivity contribution is 8.14. The number of carbonyl (C=O) groups is 1. The summed E-state index contributed by atoms with van der Waals surface area (Å²) in [6.45, 7) is 1.72. The molecule has 0 saturated heterocycles. The van der Waals surface area contributed by atoms with E-state index in [1.54, 1.807) is 38.3 Å². The summed E-state index contributed by atoms with van der Waals surface area (Å²) in [7, 11) is 1.60. The maximum Gasteiger partial charge on any atom is 0.225 e. The van der Waals surface area contributed by atoms with Crippen molar-refractivity contribution in [3.63, 3.8) is 0 Å². The van der Waals surface area contributed by atoms with Gasteiger partial charge < -0.3 is 9.84 Å². The van der Waals surface area contributed by atoms with Crippen LogP contribution in [-0.2, 0) is 4.79 Å². The number of hydrogen-bond donors (Lipinski definition) is 1. The second-order valence-corrected chi connectivity index (χ2v) is 4.74. The van der Waals surface area contributed by atoms with Crippen molar-refractivity contribution < 1.29 is 14.6 Å². The highest BCUT2D eigenvalue weighted by Gasteiger charge is 2.25. The number of aliphatic imine (C=N–C) groups is 1. The highest BCUT2D eigenvalue weighted by Crippen LogP contribution is 2.27. The monoisotopic (exact) mass is 263 g/mol. The molecule has 0 spiro atoms. The number of rotatable bonds is 3. The number of aliphatic hydroxyl groups is 1. The summed E-state index contributed by atoms with van der Waals surface area (Å²) in [6.07, 6.45) is 0. The van der Waals surface area contributed by atoms with Gasteiger partial charge in [-0.15, -0.1) is 0 Å². The number of ether oxygens (including phenoxy) is 1.